The molecule has 0 aliphatic rings. The number of thiol groups is 1. The zero-order chi connectivity index (χ0) is 49.8. The van der Waals surface area contributed by atoms with Crippen molar-refractivity contribution in [1.82, 2.24) is 47.5 Å². The monoisotopic (exact) mass is 951 g/mol. The molecule has 3 rings (SSSR count). The highest BCUT2D eigenvalue weighted by molar-refractivity contribution is 7.80. The third-order valence-electron chi connectivity index (χ3n) is 10.7. The van der Waals surface area contributed by atoms with Gasteiger partial charge in [0.1, 0.15) is 42.3 Å². The fourth-order valence-corrected chi connectivity index (χ4v) is 6.97. The summed E-state index contributed by atoms with van der Waals surface area (Å²) >= 11 is 4.09. The van der Waals surface area contributed by atoms with Crippen LogP contribution in [0.25, 0.3) is 10.9 Å². The number of aliphatic carboxylic acids is 1. The molecule has 0 bridgehead atoms. The summed E-state index contributed by atoms with van der Waals surface area (Å²) in [4.78, 5) is 120. The summed E-state index contributed by atoms with van der Waals surface area (Å²) < 4.78 is 0. The van der Waals surface area contributed by atoms with Gasteiger partial charge in [-0.1, -0.05) is 62.4 Å². The smallest absolute Gasteiger partial charge is 0.326 e. The Bertz CT molecular complexity index is 2190. The number of hydrogen-bond acceptors (Lipinski definition) is 12. The van der Waals surface area contributed by atoms with Crippen LogP contribution in [0.5, 0.6) is 0 Å². The summed E-state index contributed by atoms with van der Waals surface area (Å²) in [5.41, 5.74) is 14.2. The molecule has 0 aliphatic heterocycles. The Hall–Kier alpha value is -6.52. The van der Waals surface area contributed by atoms with Gasteiger partial charge in [0.05, 0.1) is 12.6 Å². The molecule has 67 heavy (non-hydrogen) atoms. The van der Waals surface area contributed by atoms with Crippen molar-refractivity contribution in [3.05, 3.63) is 71.9 Å². The number of benzene rings is 2. The van der Waals surface area contributed by atoms with E-state index in [9.17, 15) is 48.3 Å². The first-order valence-electron chi connectivity index (χ1n) is 22.0. The van der Waals surface area contributed by atoms with Gasteiger partial charge in [-0.3, -0.25) is 38.4 Å². The molecule has 0 fully saturated rings. The van der Waals surface area contributed by atoms with Crippen LogP contribution in [0.3, 0.4) is 0 Å². The maximum absolute atomic E-state index is 13.7. The maximum atomic E-state index is 13.7. The summed E-state index contributed by atoms with van der Waals surface area (Å²) in [5.74, 6) is -7.66. The molecule has 21 nitrogen and oxygen atoms in total. The summed E-state index contributed by atoms with van der Waals surface area (Å²) in [6.07, 6.45) is 3.18. The summed E-state index contributed by atoms with van der Waals surface area (Å²) in [6.45, 7) is 7.24. The van der Waals surface area contributed by atoms with Gasteiger partial charge in [-0.15, -0.1) is 0 Å². The number of aromatic nitrogens is 1. The highest BCUT2D eigenvalue weighted by Gasteiger charge is 2.32. The summed E-state index contributed by atoms with van der Waals surface area (Å²) in [5, 5.41) is 30.4. The molecule has 366 valence electrons. The molecule has 0 saturated heterocycles. The predicted molar refractivity (Wildman–Crippen MR) is 253 cm³/mol. The number of para-hydroxylation sites is 1. The average Bonchev–Trinajstić information content (AvgIpc) is 3.70. The number of aromatic amines is 1. The Morgan fingerprint density at radius 2 is 1.19 bits per heavy atom. The van der Waals surface area contributed by atoms with Crippen LogP contribution in [0.2, 0.25) is 0 Å². The van der Waals surface area contributed by atoms with E-state index < -0.39 is 114 Å². The van der Waals surface area contributed by atoms with Gasteiger partial charge in [0, 0.05) is 29.3 Å². The van der Waals surface area contributed by atoms with Crippen molar-refractivity contribution in [2.45, 2.75) is 115 Å². The second kappa shape index (κ2) is 27.2. The first kappa shape index (κ1) is 54.8. The molecule has 0 aliphatic carbocycles. The number of unbranched alkanes of at least 4 members (excludes halogenated alkanes) is 1. The van der Waals surface area contributed by atoms with Crippen LogP contribution in [0, 0.1) is 5.92 Å². The molecular weight excluding hydrogens is 887 g/mol. The number of hydrogen-bond donors (Lipinski definition) is 13. The number of rotatable bonds is 27. The van der Waals surface area contributed by atoms with Gasteiger partial charge in [0.2, 0.25) is 47.3 Å². The Balaban J connectivity index is 1.53. The van der Waals surface area contributed by atoms with Crippen LogP contribution in [-0.4, -0.2) is 130 Å². The topological polar surface area (TPSA) is 338 Å². The van der Waals surface area contributed by atoms with Crippen molar-refractivity contribution in [2.75, 3.05) is 18.8 Å². The Morgan fingerprint density at radius 3 is 1.79 bits per heavy atom. The largest absolute Gasteiger partial charge is 0.480 e. The first-order valence-corrected chi connectivity index (χ1v) is 22.7. The van der Waals surface area contributed by atoms with Crippen molar-refractivity contribution in [1.29, 1.82) is 0 Å². The fourth-order valence-electron chi connectivity index (χ4n) is 6.72. The molecular formula is C45H65N11O10S. The minimum Gasteiger partial charge on any atom is -0.480 e. The van der Waals surface area contributed by atoms with Crippen molar-refractivity contribution >= 4 is 76.8 Å². The third-order valence-corrected chi connectivity index (χ3v) is 11.1. The number of nitrogens with two attached hydrogens (primary N) is 2. The van der Waals surface area contributed by atoms with Crippen molar-refractivity contribution < 1.29 is 48.3 Å². The molecule has 1 aromatic heterocycles. The van der Waals surface area contributed by atoms with Gasteiger partial charge in [0.15, 0.2) is 0 Å². The standard InChI is InChI=1S/C45H65N11O10S/c1-24(2)37(56-41(61)31(47)20-29-21-48-32-16-10-9-15-30(29)32)44(64)54-34(19-28-13-7-6-8-14-28)42(62)49-22-36(57)50-25(3)38(58)51-26(4)39(59)52-27(5)40(60)55-35(23-67)43(63)53-33(45(65)66)17-11-12-18-46/h6-10,13-16,21,24-27,31,33-35,37,48,67H,11-12,17-20,22-23,46-47H2,1-5H3,(H,49,62)(H,50,57)(H,51,58)(H,52,59)(H,53,63)(H,54,64)(H,55,60)(H,56,61)(H,65,66)/t25-,26-,27-,31-,33-,34-,35-,37-/m0/s1. The highest BCUT2D eigenvalue weighted by Crippen LogP contribution is 2.19. The summed E-state index contributed by atoms with van der Waals surface area (Å²) in [7, 11) is 0. The molecule has 0 unspecified atom stereocenters. The Morgan fingerprint density at radius 1 is 0.627 bits per heavy atom. The number of carbonyl (C=O) groups is 9. The van der Waals surface area contributed by atoms with E-state index in [2.05, 4.69) is 60.1 Å². The van der Waals surface area contributed by atoms with E-state index in [1.807, 2.05) is 24.3 Å². The molecule has 22 heteroatoms. The Kier molecular flexibility index (Phi) is 22.3. The van der Waals surface area contributed by atoms with E-state index in [4.69, 9.17) is 11.5 Å². The lowest BCUT2D eigenvalue weighted by Crippen LogP contribution is -2.58. The van der Waals surface area contributed by atoms with E-state index in [0.29, 0.717) is 24.9 Å². The van der Waals surface area contributed by atoms with Gasteiger partial charge < -0.3 is 64.1 Å². The molecule has 0 saturated carbocycles. The number of fused-ring (bicyclic) bond motifs is 1. The Labute approximate surface area is 394 Å². The number of amides is 8. The molecule has 0 spiro atoms. The molecule has 1 heterocycles. The van der Waals surface area contributed by atoms with E-state index in [0.717, 1.165) is 16.5 Å². The molecule has 8 atom stereocenters. The van der Waals surface area contributed by atoms with Gasteiger partial charge in [0.25, 0.3) is 0 Å². The number of nitrogens with one attached hydrogen (secondary N) is 9. The van der Waals surface area contributed by atoms with Crippen LogP contribution in [0.15, 0.2) is 60.8 Å². The third kappa shape index (κ3) is 17.7. The van der Waals surface area contributed by atoms with Crippen LogP contribution < -0.4 is 54.0 Å². The molecule has 8 amide bonds. The van der Waals surface area contributed by atoms with Crippen molar-refractivity contribution in [2.24, 2.45) is 17.4 Å². The number of carboxylic acids is 1. The van der Waals surface area contributed by atoms with Crippen LogP contribution >= 0.6 is 12.6 Å². The van der Waals surface area contributed by atoms with Crippen LogP contribution in [0.4, 0.5) is 0 Å². The molecule has 2 aromatic carbocycles. The normalized spacial score (nSPS) is 14.7. The quantitative estimate of drug-likeness (QED) is 0.0312. The fraction of sp³-hybridized carbons (Fsp3) is 0.489. The molecule has 14 N–H and O–H groups in total. The number of H-pyrrole nitrogens is 1. The summed E-state index contributed by atoms with van der Waals surface area (Å²) in [6, 6.07) is 7.14. The van der Waals surface area contributed by atoms with E-state index in [1.165, 1.54) is 20.8 Å². The minimum atomic E-state index is -1.25. The predicted octanol–water partition coefficient (Wildman–Crippen LogP) is -1.35. The van der Waals surface area contributed by atoms with Gasteiger partial charge in [-0.05, 0) is 76.1 Å². The van der Waals surface area contributed by atoms with Crippen molar-refractivity contribution in [3.63, 3.8) is 0 Å². The van der Waals surface area contributed by atoms with Crippen molar-refractivity contribution in [3.8, 4) is 0 Å². The van der Waals surface area contributed by atoms with E-state index >= 15 is 0 Å². The SMILES string of the molecule is CC(C)[C@H](NC(=O)[C@@H](N)Cc1c[nH]c2ccccc12)C(=O)N[C@@H](Cc1ccccc1)C(=O)NCC(=O)N[C@@H](C)C(=O)N[C@@H](C)C(=O)N[C@@H](C)C(=O)N[C@@H](CS)C(=O)N[C@@H](CCCCN)C(=O)O. The lowest BCUT2D eigenvalue weighted by Gasteiger charge is -2.26. The second-order valence-corrected chi connectivity index (χ2v) is 16.9. The number of carboxylic acid groups (broad SMARTS) is 1. The zero-order valence-electron chi connectivity index (χ0n) is 38.3. The first-order chi connectivity index (χ1) is 31.7. The lowest BCUT2D eigenvalue weighted by molar-refractivity contribution is -0.142. The second-order valence-electron chi connectivity index (χ2n) is 16.5. The highest BCUT2D eigenvalue weighted by atomic mass is 32.1. The molecule has 3 aromatic rings. The van der Waals surface area contributed by atoms with Crippen LogP contribution in [0.1, 0.15) is 65.0 Å². The lowest BCUT2D eigenvalue weighted by atomic mass is 9.99. The molecule has 0 radical (unpaired) electrons. The van der Waals surface area contributed by atoms with E-state index in [-0.39, 0.29) is 25.0 Å². The average molecular weight is 952 g/mol. The maximum Gasteiger partial charge on any atom is 0.326 e. The zero-order valence-corrected chi connectivity index (χ0v) is 39.2. The minimum absolute atomic E-state index is 0.0339. The van der Waals surface area contributed by atoms with E-state index in [1.54, 1.807) is 50.4 Å². The van der Waals surface area contributed by atoms with Gasteiger partial charge in [-0.25, -0.2) is 4.79 Å². The number of carbonyl (C=O) groups excluding carboxylic acids is 8. The van der Waals surface area contributed by atoms with Gasteiger partial charge >= 0.3 is 5.97 Å². The van der Waals surface area contributed by atoms with Gasteiger partial charge in [-0.2, -0.15) is 12.6 Å². The van der Waals surface area contributed by atoms with Crippen LogP contribution in [-0.2, 0) is 56.0 Å².